The van der Waals surface area contributed by atoms with Crippen LogP contribution in [0.5, 0.6) is 0 Å². The highest BCUT2D eigenvalue weighted by Crippen LogP contribution is 1.97. The number of primary amides is 1. The van der Waals surface area contributed by atoms with Gasteiger partial charge in [0.25, 0.3) is 0 Å². The number of nitrogens with zero attached hydrogens (tertiary/aromatic N) is 3. The minimum absolute atomic E-state index is 0.0947. The molecule has 8 nitrogen and oxygen atoms in total. The van der Waals surface area contributed by atoms with Gasteiger partial charge in [-0.15, -0.1) is 0 Å². The number of furan rings is 1. The molecule has 1 aromatic heterocycles. The smallest absolute Gasteiger partial charge is 0.400 e. The zero-order valence-electron chi connectivity index (χ0n) is 6.86. The third kappa shape index (κ3) is 2.30. The molecular weight excluding hydrogens is 192 g/mol. The molecule has 0 fully saturated rings. The molecule has 2 amide bonds. The Kier molecular flexibility index (Phi) is 2.79. The number of hydrazone groups is 1. The van der Waals surface area contributed by atoms with Crippen molar-refractivity contribution < 1.29 is 14.2 Å². The molecule has 0 aromatic carbocycles. The number of carbonyl (C=O) groups excluding carboxylic acids is 1. The third-order valence-electron chi connectivity index (χ3n) is 1.19. The lowest BCUT2D eigenvalue weighted by Crippen LogP contribution is -2.35. The average molecular weight is 198 g/mol. The summed E-state index contributed by atoms with van der Waals surface area (Å²) in [5.41, 5.74) is 4.68. The van der Waals surface area contributed by atoms with E-state index in [0.717, 1.165) is 6.21 Å². The molecule has 0 saturated carbocycles. The zero-order valence-corrected chi connectivity index (χ0v) is 6.86. The van der Waals surface area contributed by atoms with Crippen LogP contribution >= 0.6 is 0 Å². The van der Waals surface area contributed by atoms with Crippen LogP contribution < -0.4 is 5.73 Å². The fourth-order valence-corrected chi connectivity index (χ4v) is 0.656. The van der Waals surface area contributed by atoms with Crippen LogP contribution in [0.3, 0.4) is 0 Å². The molecule has 74 valence electrons. The predicted octanol–water partition coefficient (Wildman–Crippen LogP) is 0.186. The molecule has 2 N–H and O–H groups in total. The zero-order chi connectivity index (χ0) is 10.6. The number of hydrazine groups is 1. The quantitative estimate of drug-likeness (QED) is 0.423. The van der Waals surface area contributed by atoms with Crippen LogP contribution in [-0.4, -0.2) is 22.4 Å². The molecule has 0 aliphatic carbocycles. The maximum atomic E-state index is 10.5. The molecule has 0 bridgehead atoms. The van der Waals surface area contributed by atoms with Gasteiger partial charge in [-0.05, 0) is 12.1 Å². The van der Waals surface area contributed by atoms with Gasteiger partial charge in [0.15, 0.2) is 5.76 Å². The number of rotatable bonds is 3. The third-order valence-corrected chi connectivity index (χ3v) is 1.19. The minimum atomic E-state index is -1.28. The van der Waals surface area contributed by atoms with E-state index in [0.29, 0.717) is 0 Å². The molecule has 0 saturated heterocycles. The predicted molar refractivity (Wildman–Crippen MR) is 44.7 cm³/mol. The molecule has 0 aliphatic rings. The summed E-state index contributed by atoms with van der Waals surface area (Å²) in [6.45, 7) is 0. The fraction of sp³-hybridized carbons (Fsp3) is 0. The first-order chi connectivity index (χ1) is 6.61. The second-order valence-electron chi connectivity index (χ2n) is 2.13. The number of hydrogen-bond donors (Lipinski definition) is 1. The molecule has 1 aromatic rings. The Bertz CT molecular complexity index is 344. The monoisotopic (exact) mass is 198 g/mol. The van der Waals surface area contributed by atoms with Gasteiger partial charge in [-0.2, -0.15) is 0 Å². The van der Waals surface area contributed by atoms with Crippen LogP contribution in [0.15, 0.2) is 27.9 Å². The molecule has 0 radical (unpaired) electrons. The number of urea groups is 1. The second kappa shape index (κ2) is 4.03. The van der Waals surface area contributed by atoms with Gasteiger partial charge in [0.05, 0.1) is 21.5 Å². The Morgan fingerprint density at radius 1 is 1.79 bits per heavy atom. The summed E-state index contributed by atoms with van der Waals surface area (Å²) in [6, 6.07) is 1.81. The molecule has 0 spiro atoms. The van der Waals surface area contributed by atoms with Crippen LogP contribution in [0.2, 0.25) is 0 Å². The van der Waals surface area contributed by atoms with Crippen molar-refractivity contribution in [3.05, 3.63) is 34.3 Å². The highest BCUT2D eigenvalue weighted by Gasteiger charge is 2.19. The van der Waals surface area contributed by atoms with Gasteiger partial charge in [0.2, 0.25) is 6.21 Å². The number of amides is 2. The van der Waals surface area contributed by atoms with E-state index in [1.807, 2.05) is 0 Å². The average Bonchev–Trinajstić information content (AvgIpc) is 2.55. The summed E-state index contributed by atoms with van der Waals surface area (Å²) in [5, 5.41) is 12.3. The first kappa shape index (κ1) is 9.71. The Morgan fingerprint density at radius 3 is 2.93 bits per heavy atom. The van der Waals surface area contributed by atoms with E-state index in [-0.39, 0.29) is 10.9 Å². The van der Waals surface area contributed by atoms with Crippen LogP contribution in [0.1, 0.15) is 5.76 Å². The molecule has 0 atom stereocenters. The molecule has 0 unspecified atom stereocenters. The summed E-state index contributed by atoms with van der Waals surface area (Å²) in [7, 11) is 0. The normalized spacial score (nSPS) is 10.3. The number of nitro groups is 1. The molecule has 1 heterocycles. The number of carbonyl (C=O) groups is 1. The van der Waals surface area contributed by atoms with Gasteiger partial charge in [0, 0.05) is 0 Å². The summed E-state index contributed by atoms with van der Waals surface area (Å²) in [5.74, 6) is 0.276. The summed E-state index contributed by atoms with van der Waals surface area (Å²) < 4.78 is 4.79. The first-order valence-corrected chi connectivity index (χ1v) is 3.42. The number of hydrogen-bond acceptors (Lipinski definition) is 5. The first-order valence-electron chi connectivity index (χ1n) is 3.42. The van der Waals surface area contributed by atoms with Crippen molar-refractivity contribution in [3.8, 4) is 0 Å². The maximum Gasteiger partial charge on any atom is 0.400 e. The topological polar surface area (TPSA) is 115 Å². The van der Waals surface area contributed by atoms with Crippen molar-refractivity contribution in [2.45, 2.75) is 0 Å². The van der Waals surface area contributed by atoms with Crippen molar-refractivity contribution in [1.29, 1.82) is 0 Å². The highest BCUT2D eigenvalue weighted by molar-refractivity contribution is 5.78. The largest absolute Gasteiger partial charge is 0.461 e. The molecule has 14 heavy (non-hydrogen) atoms. The SMILES string of the molecule is NC(=O)N(N=Cc1ccco1)[N+](=O)[O-]. The van der Waals surface area contributed by atoms with Crippen LogP contribution in [-0.2, 0) is 0 Å². The van der Waals surface area contributed by atoms with E-state index in [4.69, 9.17) is 4.42 Å². The Labute approximate surface area is 77.7 Å². The van der Waals surface area contributed by atoms with Crippen LogP contribution in [0.25, 0.3) is 0 Å². The van der Waals surface area contributed by atoms with E-state index in [9.17, 15) is 14.9 Å². The van der Waals surface area contributed by atoms with E-state index in [2.05, 4.69) is 10.8 Å². The fourth-order valence-electron chi connectivity index (χ4n) is 0.656. The van der Waals surface area contributed by atoms with Gasteiger partial charge in [-0.1, -0.05) is 0 Å². The van der Waals surface area contributed by atoms with E-state index in [1.54, 1.807) is 6.07 Å². The Balaban J connectivity index is 2.74. The molecular formula is C6H6N4O4. The summed E-state index contributed by atoms with van der Waals surface area (Å²) >= 11 is 0. The van der Waals surface area contributed by atoms with Crippen LogP contribution in [0, 0.1) is 10.1 Å². The van der Waals surface area contributed by atoms with Gasteiger partial charge in [-0.25, -0.2) is 4.79 Å². The molecule has 0 aliphatic heterocycles. The molecule has 1 rings (SSSR count). The summed E-state index contributed by atoms with van der Waals surface area (Å²) in [4.78, 5) is 20.6. The lowest BCUT2D eigenvalue weighted by Gasteiger charge is -2.00. The van der Waals surface area contributed by atoms with Gasteiger partial charge < -0.3 is 20.3 Å². The lowest BCUT2D eigenvalue weighted by molar-refractivity contribution is -0.633. The van der Waals surface area contributed by atoms with Gasteiger partial charge in [0.1, 0.15) is 0 Å². The van der Waals surface area contributed by atoms with Gasteiger partial charge in [-0.3, -0.25) is 0 Å². The van der Waals surface area contributed by atoms with E-state index < -0.39 is 11.1 Å². The van der Waals surface area contributed by atoms with Crippen molar-refractivity contribution in [2.75, 3.05) is 0 Å². The summed E-state index contributed by atoms with van der Waals surface area (Å²) in [6.07, 6.45) is 2.37. The Hall–Kier alpha value is -2.38. The second-order valence-corrected chi connectivity index (χ2v) is 2.13. The van der Waals surface area contributed by atoms with Crippen molar-refractivity contribution in [3.63, 3.8) is 0 Å². The lowest BCUT2D eigenvalue weighted by atomic mass is 10.5. The van der Waals surface area contributed by atoms with Crippen molar-refractivity contribution in [2.24, 2.45) is 10.8 Å². The minimum Gasteiger partial charge on any atom is -0.461 e. The highest BCUT2D eigenvalue weighted by atomic mass is 16.7. The van der Waals surface area contributed by atoms with Crippen molar-refractivity contribution in [1.82, 2.24) is 5.12 Å². The number of nitrogens with two attached hydrogens (primary N) is 1. The van der Waals surface area contributed by atoms with Gasteiger partial charge >= 0.3 is 6.03 Å². The van der Waals surface area contributed by atoms with Crippen molar-refractivity contribution >= 4 is 12.2 Å². The van der Waals surface area contributed by atoms with E-state index in [1.165, 1.54) is 12.3 Å². The van der Waals surface area contributed by atoms with E-state index >= 15 is 0 Å². The maximum absolute atomic E-state index is 10.5. The van der Waals surface area contributed by atoms with Crippen LogP contribution in [0.4, 0.5) is 4.79 Å². The standard InChI is InChI=1S/C6H6N4O4/c7-6(11)9(10(12)13)8-4-5-2-1-3-14-5/h1-4H,(H2,7,11). The Morgan fingerprint density at radius 2 is 2.50 bits per heavy atom. The molecule has 8 heteroatoms.